The average Bonchev–Trinajstić information content (AvgIpc) is 2.54. The summed E-state index contributed by atoms with van der Waals surface area (Å²) >= 11 is 0. The van der Waals surface area contributed by atoms with E-state index < -0.39 is 18.2 Å². The van der Waals surface area contributed by atoms with Crippen molar-refractivity contribution in [1.82, 2.24) is 0 Å². The first-order valence-corrected chi connectivity index (χ1v) is 9.87. The molecular formula is C23H36O5. The molecule has 0 bridgehead atoms. The highest BCUT2D eigenvalue weighted by atomic mass is 17.2. The van der Waals surface area contributed by atoms with Crippen molar-refractivity contribution in [2.75, 3.05) is 7.11 Å². The van der Waals surface area contributed by atoms with Crippen molar-refractivity contribution in [3.63, 3.8) is 0 Å². The molecule has 1 rings (SSSR count). The normalized spacial score (nSPS) is 15.0. The van der Waals surface area contributed by atoms with Crippen molar-refractivity contribution in [2.45, 2.75) is 74.5 Å². The van der Waals surface area contributed by atoms with Crippen LogP contribution in [0.1, 0.15) is 74.5 Å². The van der Waals surface area contributed by atoms with E-state index >= 15 is 0 Å². The molecule has 1 aromatic carbocycles. The van der Waals surface area contributed by atoms with Gasteiger partial charge in [-0.15, -0.1) is 0 Å². The summed E-state index contributed by atoms with van der Waals surface area (Å²) in [7, 11) is 1.45. The van der Waals surface area contributed by atoms with E-state index in [1.54, 1.807) is 6.92 Å². The van der Waals surface area contributed by atoms with E-state index in [4.69, 9.17) is 14.5 Å². The Labute approximate surface area is 169 Å². The highest BCUT2D eigenvalue weighted by Gasteiger charge is 2.34. The Kier molecular flexibility index (Phi) is 8.83. The molecule has 0 aromatic heterocycles. The first-order valence-electron chi connectivity index (χ1n) is 9.87. The van der Waals surface area contributed by atoms with Gasteiger partial charge >= 0.3 is 5.97 Å². The summed E-state index contributed by atoms with van der Waals surface area (Å²) in [6.07, 6.45) is 0.604. The number of hydrogen-bond acceptors (Lipinski definition) is 5. The van der Waals surface area contributed by atoms with E-state index in [0.717, 1.165) is 23.1 Å². The number of carbonyl (C=O) groups excluding carboxylic acids is 2. The van der Waals surface area contributed by atoms with Crippen LogP contribution < -0.4 is 0 Å². The second-order valence-electron chi connectivity index (χ2n) is 9.10. The van der Waals surface area contributed by atoms with Crippen molar-refractivity contribution < 1.29 is 24.1 Å². The topological polar surface area (TPSA) is 61.8 Å². The van der Waals surface area contributed by atoms with Crippen molar-refractivity contribution in [3.8, 4) is 0 Å². The zero-order chi connectivity index (χ0) is 21.6. The number of carbonyl (C=O) groups is 2. The van der Waals surface area contributed by atoms with Crippen LogP contribution in [0.5, 0.6) is 0 Å². The number of benzene rings is 1. The first kappa shape index (κ1) is 24.3. The predicted molar refractivity (Wildman–Crippen MR) is 110 cm³/mol. The molecule has 0 radical (unpaired) electrons. The molecule has 0 aliphatic heterocycles. The summed E-state index contributed by atoms with van der Waals surface area (Å²) in [5.41, 5.74) is 3.53. The monoisotopic (exact) mass is 392 g/mol. The second kappa shape index (κ2) is 10.2. The van der Waals surface area contributed by atoms with Crippen LogP contribution >= 0.6 is 0 Å². The van der Waals surface area contributed by atoms with Crippen LogP contribution in [-0.4, -0.2) is 25.2 Å². The van der Waals surface area contributed by atoms with Gasteiger partial charge in [0.1, 0.15) is 5.92 Å². The van der Waals surface area contributed by atoms with E-state index in [1.165, 1.54) is 7.11 Å². The first-order chi connectivity index (χ1) is 12.9. The minimum Gasteiger partial charge on any atom is -0.352 e. The summed E-state index contributed by atoms with van der Waals surface area (Å²) in [6.45, 7) is 15.9. The molecule has 0 heterocycles. The SMILES string of the molecule is COC(C)OOC(=O)C(CC(C)CC(C)(C)C)C(=O)c1c(C)cc(C)cc1C. The fourth-order valence-corrected chi connectivity index (χ4v) is 3.80. The second-order valence-corrected chi connectivity index (χ2v) is 9.10. The van der Waals surface area contributed by atoms with Crippen molar-refractivity contribution in [1.29, 1.82) is 0 Å². The number of Topliss-reactive ketones (excluding diaryl/α,β-unsaturated/α-hetero) is 1. The van der Waals surface area contributed by atoms with Crippen LogP contribution in [0.2, 0.25) is 0 Å². The molecule has 5 nitrogen and oxygen atoms in total. The predicted octanol–water partition coefficient (Wildman–Crippen LogP) is 5.34. The van der Waals surface area contributed by atoms with Crippen molar-refractivity contribution in [2.24, 2.45) is 17.3 Å². The third-order valence-electron chi connectivity index (χ3n) is 4.72. The third-order valence-corrected chi connectivity index (χ3v) is 4.72. The molecule has 3 unspecified atom stereocenters. The number of hydrogen-bond donors (Lipinski definition) is 0. The maximum atomic E-state index is 13.4. The molecule has 0 amide bonds. The fraction of sp³-hybridized carbons (Fsp3) is 0.652. The number of ketones is 1. The maximum Gasteiger partial charge on any atom is 0.353 e. The summed E-state index contributed by atoms with van der Waals surface area (Å²) in [4.78, 5) is 36.0. The standard InChI is InChI=1S/C23H36O5/c1-14-10-16(3)20(17(4)11-14)21(24)19(12-15(2)13-23(6,7)8)22(25)28-27-18(5)26-9/h10-11,15,18-19H,12-13H2,1-9H3. The van der Waals surface area contributed by atoms with Gasteiger partial charge in [0.2, 0.25) is 0 Å². The Balaban J connectivity index is 3.15. The lowest BCUT2D eigenvalue weighted by molar-refractivity contribution is -0.343. The van der Waals surface area contributed by atoms with Gasteiger partial charge in [0, 0.05) is 12.7 Å². The van der Waals surface area contributed by atoms with Crippen molar-refractivity contribution in [3.05, 3.63) is 34.4 Å². The van der Waals surface area contributed by atoms with Gasteiger partial charge in [-0.1, -0.05) is 45.4 Å². The molecule has 0 N–H and O–H groups in total. The smallest absolute Gasteiger partial charge is 0.352 e. The van der Waals surface area contributed by atoms with Gasteiger partial charge in [0.15, 0.2) is 12.1 Å². The van der Waals surface area contributed by atoms with Crippen LogP contribution in [0.15, 0.2) is 12.1 Å². The molecule has 0 fully saturated rings. The number of aryl methyl sites for hydroxylation is 3. The van der Waals surface area contributed by atoms with Gasteiger partial charge in [-0.05, 0) is 63.0 Å². The highest BCUT2D eigenvalue weighted by molar-refractivity contribution is 6.10. The zero-order valence-corrected chi connectivity index (χ0v) is 18.8. The maximum absolute atomic E-state index is 13.4. The minimum absolute atomic E-state index is 0.105. The van der Waals surface area contributed by atoms with Crippen LogP contribution in [0.4, 0.5) is 0 Å². The lowest BCUT2D eigenvalue weighted by Crippen LogP contribution is -2.31. The van der Waals surface area contributed by atoms with E-state index in [1.807, 2.05) is 32.9 Å². The largest absolute Gasteiger partial charge is 0.353 e. The lowest BCUT2D eigenvalue weighted by atomic mass is 9.79. The summed E-state index contributed by atoms with van der Waals surface area (Å²) in [5.74, 6) is -1.63. The molecule has 0 saturated heterocycles. The minimum atomic E-state index is -0.915. The summed E-state index contributed by atoms with van der Waals surface area (Å²) < 4.78 is 4.94. The van der Waals surface area contributed by atoms with Gasteiger partial charge in [-0.3, -0.25) is 9.68 Å². The van der Waals surface area contributed by atoms with Crippen LogP contribution in [0, 0.1) is 38.0 Å². The van der Waals surface area contributed by atoms with E-state index in [-0.39, 0.29) is 17.1 Å². The molecule has 1 aromatic rings. The molecule has 0 spiro atoms. The van der Waals surface area contributed by atoms with Gasteiger partial charge in [0.25, 0.3) is 0 Å². The van der Waals surface area contributed by atoms with Gasteiger partial charge in [-0.2, -0.15) is 4.89 Å². The Morgan fingerprint density at radius 1 is 1.04 bits per heavy atom. The number of methoxy groups -OCH3 is 1. The van der Waals surface area contributed by atoms with Crippen molar-refractivity contribution >= 4 is 11.8 Å². The van der Waals surface area contributed by atoms with Crippen LogP contribution in [0.25, 0.3) is 0 Å². The molecule has 0 aliphatic carbocycles. The lowest BCUT2D eigenvalue weighted by Gasteiger charge is -2.26. The Hall–Kier alpha value is -1.72. The molecule has 0 saturated carbocycles. The highest BCUT2D eigenvalue weighted by Crippen LogP contribution is 2.31. The zero-order valence-electron chi connectivity index (χ0n) is 18.8. The van der Waals surface area contributed by atoms with Gasteiger partial charge in [-0.25, -0.2) is 4.79 Å². The molecule has 0 aliphatic rings. The van der Waals surface area contributed by atoms with Gasteiger partial charge < -0.3 is 4.74 Å². The van der Waals surface area contributed by atoms with E-state index in [9.17, 15) is 9.59 Å². The van der Waals surface area contributed by atoms with Crippen LogP contribution in [0.3, 0.4) is 0 Å². The Morgan fingerprint density at radius 2 is 1.57 bits per heavy atom. The van der Waals surface area contributed by atoms with Gasteiger partial charge in [0.05, 0.1) is 0 Å². The Morgan fingerprint density at radius 3 is 2.04 bits per heavy atom. The fourth-order valence-electron chi connectivity index (χ4n) is 3.80. The molecular weight excluding hydrogens is 356 g/mol. The third kappa shape index (κ3) is 7.36. The van der Waals surface area contributed by atoms with Crippen LogP contribution in [-0.2, 0) is 19.3 Å². The van der Waals surface area contributed by atoms with E-state index in [2.05, 4.69) is 27.7 Å². The number of ether oxygens (including phenoxy) is 1. The molecule has 3 atom stereocenters. The molecule has 28 heavy (non-hydrogen) atoms. The average molecular weight is 393 g/mol. The quantitative estimate of drug-likeness (QED) is 0.187. The summed E-state index contributed by atoms with van der Waals surface area (Å²) in [6, 6.07) is 3.93. The summed E-state index contributed by atoms with van der Waals surface area (Å²) in [5, 5.41) is 0. The Bertz CT molecular complexity index is 664. The number of rotatable bonds is 9. The van der Waals surface area contributed by atoms with E-state index in [0.29, 0.717) is 12.0 Å². The molecule has 158 valence electrons. The molecule has 5 heteroatoms.